The minimum absolute atomic E-state index is 0.0637. The molecule has 0 aliphatic carbocycles. The van der Waals surface area contributed by atoms with Crippen LogP contribution in [0.2, 0.25) is 0 Å². The zero-order valence-electron chi connectivity index (χ0n) is 25.8. The van der Waals surface area contributed by atoms with Crippen LogP contribution >= 0.6 is 0 Å². The molecule has 3 N–H and O–H groups in total. The summed E-state index contributed by atoms with van der Waals surface area (Å²) in [6.07, 6.45) is 1.03. The average Bonchev–Trinajstić information content (AvgIpc) is 3.07. The third-order valence-corrected chi connectivity index (χ3v) is 8.35. The molecule has 11 nitrogen and oxygen atoms in total. The van der Waals surface area contributed by atoms with Crippen molar-refractivity contribution in [2.75, 3.05) is 19.6 Å². The number of aromatic nitrogens is 1. The first-order chi connectivity index (χ1) is 22.8. The van der Waals surface area contributed by atoms with Crippen LogP contribution in [0.15, 0.2) is 110 Å². The van der Waals surface area contributed by atoms with Crippen molar-refractivity contribution in [3.63, 3.8) is 0 Å². The number of amides is 4. The summed E-state index contributed by atoms with van der Waals surface area (Å²) in [5, 5.41) is 25.8. The van der Waals surface area contributed by atoms with Gasteiger partial charge in [0.2, 0.25) is 11.8 Å². The Labute approximate surface area is 272 Å². The second-order valence-electron chi connectivity index (χ2n) is 11.6. The van der Waals surface area contributed by atoms with Crippen LogP contribution in [0.4, 0.5) is 4.79 Å². The van der Waals surface area contributed by atoms with Crippen molar-refractivity contribution in [2.24, 2.45) is 0 Å². The number of hydrogen-bond acceptors (Lipinski definition) is 7. The number of hydrazine groups is 1. The number of pyridine rings is 1. The van der Waals surface area contributed by atoms with Gasteiger partial charge in [-0.25, -0.2) is 14.8 Å². The first-order valence-electron chi connectivity index (χ1n) is 15.4. The zero-order chi connectivity index (χ0) is 32.9. The summed E-state index contributed by atoms with van der Waals surface area (Å²) >= 11 is 0. The molecule has 6 rings (SSSR count). The van der Waals surface area contributed by atoms with E-state index in [1.165, 1.54) is 9.91 Å². The van der Waals surface area contributed by atoms with Gasteiger partial charge >= 0.3 is 6.03 Å². The summed E-state index contributed by atoms with van der Waals surface area (Å²) in [6, 6.07) is 27.0. The number of nitrogens with zero attached hydrogens (tertiary/aromatic N) is 5. The molecular formula is C36H36N6O5. The number of phenols is 2. The zero-order valence-corrected chi connectivity index (χ0v) is 25.8. The van der Waals surface area contributed by atoms with Crippen molar-refractivity contribution >= 4 is 17.8 Å². The van der Waals surface area contributed by atoms with Crippen LogP contribution < -0.4 is 5.32 Å². The summed E-state index contributed by atoms with van der Waals surface area (Å²) in [5.74, 6) is -0.286. The van der Waals surface area contributed by atoms with Crippen molar-refractivity contribution < 1.29 is 24.6 Å². The molecule has 11 heteroatoms. The fourth-order valence-corrected chi connectivity index (χ4v) is 6.11. The normalized spacial score (nSPS) is 18.2. The Morgan fingerprint density at radius 3 is 2.30 bits per heavy atom. The van der Waals surface area contributed by atoms with Gasteiger partial charge in [-0.15, -0.1) is 6.58 Å². The lowest BCUT2D eigenvalue weighted by Gasteiger charge is -2.55. The molecule has 2 aliphatic rings. The van der Waals surface area contributed by atoms with Crippen molar-refractivity contribution in [1.82, 2.24) is 30.1 Å². The molecule has 2 saturated heterocycles. The van der Waals surface area contributed by atoms with E-state index in [2.05, 4.69) is 11.9 Å². The van der Waals surface area contributed by atoms with Gasteiger partial charge in [0.15, 0.2) is 0 Å². The third-order valence-electron chi connectivity index (χ3n) is 8.35. The smallest absolute Gasteiger partial charge is 0.334 e. The molecule has 2 atom stereocenters. The number of urea groups is 1. The molecule has 2 fully saturated rings. The average molecular weight is 633 g/mol. The van der Waals surface area contributed by atoms with Crippen LogP contribution in [0, 0.1) is 0 Å². The molecule has 0 radical (unpaired) electrons. The summed E-state index contributed by atoms with van der Waals surface area (Å²) in [5.41, 5.74) is 3.80. The van der Waals surface area contributed by atoms with Gasteiger partial charge in [0.1, 0.15) is 23.7 Å². The van der Waals surface area contributed by atoms with E-state index in [0.717, 1.165) is 16.7 Å². The molecule has 0 unspecified atom stereocenters. The second-order valence-corrected chi connectivity index (χ2v) is 11.6. The molecule has 0 spiro atoms. The number of benzene rings is 3. The Morgan fingerprint density at radius 1 is 0.894 bits per heavy atom. The van der Waals surface area contributed by atoms with Crippen LogP contribution in [0.5, 0.6) is 11.5 Å². The van der Waals surface area contributed by atoms with Gasteiger partial charge in [-0.3, -0.25) is 14.6 Å². The van der Waals surface area contributed by atoms with Gasteiger partial charge < -0.3 is 25.3 Å². The van der Waals surface area contributed by atoms with Crippen LogP contribution in [0.3, 0.4) is 0 Å². The Balaban J connectivity index is 1.34. The molecule has 1 aromatic heterocycles. The Kier molecular flexibility index (Phi) is 9.16. The van der Waals surface area contributed by atoms with E-state index in [1.54, 1.807) is 64.5 Å². The predicted octanol–water partition coefficient (Wildman–Crippen LogP) is 3.90. The molecule has 47 heavy (non-hydrogen) atoms. The van der Waals surface area contributed by atoms with Crippen LogP contribution in [0.25, 0.3) is 11.3 Å². The molecule has 3 heterocycles. The number of rotatable bonds is 9. The standard InChI is InChI=1S/C36H36N6O5/c1-2-19-40-24-34(45)41-32(20-25-11-15-29(43)16-12-25)35(46)39(22-28-9-6-10-31(38-28)27-13-17-30(44)18-14-27)23-33(41)42(40)36(47)37-21-26-7-4-3-5-8-26/h2-18,32-33,43-44H,1,19-24H2,(H,37,47)/t32-,33-/m0/s1. The fourth-order valence-electron chi connectivity index (χ4n) is 6.11. The quantitative estimate of drug-likeness (QED) is 0.239. The van der Waals surface area contributed by atoms with E-state index in [4.69, 9.17) is 4.98 Å². The van der Waals surface area contributed by atoms with Crippen LogP contribution in [-0.4, -0.2) is 84.7 Å². The van der Waals surface area contributed by atoms with E-state index < -0.39 is 18.2 Å². The van der Waals surface area contributed by atoms with Gasteiger partial charge in [-0.2, -0.15) is 0 Å². The van der Waals surface area contributed by atoms with Crippen molar-refractivity contribution in [3.05, 3.63) is 127 Å². The van der Waals surface area contributed by atoms with Crippen LogP contribution in [-0.2, 0) is 29.1 Å². The van der Waals surface area contributed by atoms with Gasteiger partial charge in [0.05, 0.1) is 31.0 Å². The van der Waals surface area contributed by atoms with E-state index in [-0.39, 0.29) is 62.5 Å². The molecule has 0 saturated carbocycles. The molecule has 0 bridgehead atoms. The third kappa shape index (κ3) is 6.95. The molecule has 4 amide bonds. The summed E-state index contributed by atoms with van der Waals surface area (Å²) in [6.45, 7) is 4.49. The van der Waals surface area contributed by atoms with Gasteiger partial charge in [0, 0.05) is 25.1 Å². The maximum Gasteiger partial charge on any atom is 0.334 e. The summed E-state index contributed by atoms with van der Waals surface area (Å²) in [4.78, 5) is 50.0. The number of aromatic hydroxyl groups is 2. The summed E-state index contributed by atoms with van der Waals surface area (Å²) in [7, 11) is 0. The molecule has 4 aromatic rings. The van der Waals surface area contributed by atoms with E-state index in [9.17, 15) is 24.6 Å². The van der Waals surface area contributed by atoms with Crippen LogP contribution in [0.1, 0.15) is 16.8 Å². The number of hydrogen-bond donors (Lipinski definition) is 3. The highest BCUT2D eigenvalue weighted by Crippen LogP contribution is 2.30. The van der Waals surface area contributed by atoms with Gasteiger partial charge in [-0.1, -0.05) is 54.6 Å². The lowest BCUT2D eigenvalue weighted by atomic mass is 9.98. The van der Waals surface area contributed by atoms with Gasteiger partial charge in [0.25, 0.3) is 0 Å². The first-order valence-corrected chi connectivity index (χ1v) is 15.4. The predicted molar refractivity (Wildman–Crippen MR) is 175 cm³/mol. The summed E-state index contributed by atoms with van der Waals surface area (Å²) < 4.78 is 0. The highest BCUT2D eigenvalue weighted by molar-refractivity contribution is 5.91. The van der Waals surface area contributed by atoms with E-state index >= 15 is 0 Å². The van der Waals surface area contributed by atoms with Crippen molar-refractivity contribution in [1.29, 1.82) is 0 Å². The Morgan fingerprint density at radius 2 is 1.60 bits per heavy atom. The lowest BCUT2D eigenvalue weighted by Crippen LogP contribution is -2.76. The number of carbonyl (C=O) groups is 3. The van der Waals surface area contributed by atoms with E-state index in [1.807, 2.05) is 48.5 Å². The number of carbonyl (C=O) groups excluding carboxylic acids is 3. The SMILES string of the molecule is C=CCN1CC(=O)N2[C@@H](Cc3ccc(O)cc3)C(=O)N(Cc3cccc(-c4ccc(O)cc4)n3)C[C@@H]2N1C(=O)NCc1ccccc1. The fraction of sp³-hybridized carbons (Fsp3) is 0.222. The number of nitrogens with one attached hydrogen (secondary N) is 1. The first kappa shape index (κ1) is 31.3. The molecular weight excluding hydrogens is 596 g/mol. The number of piperazine rings is 1. The Hall–Kier alpha value is -5.68. The van der Waals surface area contributed by atoms with Crippen molar-refractivity contribution in [3.8, 4) is 22.8 Å². The van der Waals surface area contributed by atoms with Crippen molar-refractivity contribution in [2.45, 2.75) is 31.7 Å². The Bertz CT molecular complexity index is 1750. The maximum atomic E-state index is 14.3. The maximum absolute atomic E-state index is 14.3. The highest BCUT2D eigenvalue weighted by atomic mass is 16.3. The number of fused-ring (bicyclic) bond motifs is 1. The minimum Gasteiger partial charge on any atom is -0.508 e. The number of phenolic OH excluding ortho intramolecular Hbond substituents is 2. The molecule has 3 aromatic carbocycles. The minimum atomic E-state index is -0.902. The monoisotopic (exact) mass is 632 g/mol. The molecule has 2 aliphatic heterocycles. The second kappa shape index (κ2) is 13.8. The topological polar surface area (TPSA) is 130 Å². The van der Waals surface area contributed by atoms with Gasteiger partial charge in [-0.05, 0) is 59.7 Å². The van der Waals surface area contributed by atoms with E-state index in [0.29, 0.717) is 11.4 Å². The largest absolute Gasteiger partial charge is 0.508 e. The molecule has 240 valence electrons. The lowest BCUT2D eigenvalue weighted by molar-refractivity contribution is -0.189. The highest BCUT2D eigenvalue weighted by Gasteiger charge is 2.51.